The molecule has 0 aliphatic carbocycles. The number of alkyl halides is 1. The van der Waals surface area contributed by atoms with E-state index in [1.807, 2.05) is 0 Å². The lowest BCUT2D eigenvalue weighted by molar-refractivity contribution is -0.485. The fraction of sp³-hybridized carbons (Fsp3) is 0.350. The van der Waals surface area contributed by atoms with Crippen molar-refractivity contribution in [3.8, 4) is 0 Å². The summed E-state index contributed by atoms with van der Waals surface area (Å²) >= 11 is 5.94. The first-order chi connectivity index (χ1) is 14.2. The van der Waals surface area contributed by atoms with E-state index in [1.54, 1.807) is 18.2 Å². The molecule has 0 aromatic heterocycles. The molecule has 0 radical (unpaired) electrons. The van der Waals surface area contributed by atoms with Gasteiger partial charge >= 0.3 is 7.60 Å². The lowest BCUT2D eigenvalue weighted by Crippen LogP contribution is -2.44. The molecule has 30 heavy (non-hydrogen) atoms. The third kappa shape index (κ3) is 4.95. The van der Waals surface area contributed by atoms with Gasteiger partial charge in [0.15, 0.2) is 0 Å². The van der Waals surface area contributed by atoms with Crippen LogP contribution < -0.4 is 0 Å². The molecule has 0 amide bonds. The second kappa shape index (κ2) is 10.3. The van der Waals surface area contributed by atoms with Crippen molar-refractivity contribution in [2.45, 2.75) is 25.2 Å². The van der Waals surface area contributed by atoms with Crippen LogP contribution in [0.25, 0.3) is 0 Å². The molecule has 2 aromatic carbocycles. The van der Waals surface area contributed by atoms with E-state index < -0.39 is 36.2 Å². The third-order valence-corrected chi connectivity index (χ3v) is 7.14. The fourth-order valence-corrected chi connectivity index (χ4v) is 5.46. The normalized spacial score (nSPS) is 14.7. The number of nitro groups is 1. The summed E-state index contributed by atoms with van der Waals surface area (Å²) < 4.78 is 40.9. The van der Waals surface area contributed by atoms with Gasteiger partial charge in [0.25, 0.3) is 5.41 Å². The molecular formula is C20H22ClFNO6P. The average Bonchev–Trinajstić information content (AvgIpc) is 2.71. The van der Waals surface area contributed by atoms with Crippen molar-refractivity contribution in [1.29, 1.82) is 0 Å². The number of halogens is 2. The van der Waals surface area contributed by atoms with Crippen LogP contribution in [0.1, 0.15) is 35.7 Å². The van der Waals surface area contributed by atoms with Gasteiger partial charge in [-0.1, -0.05) is 54.1 Å². The largest absolute Gasteiger partial charge is 0.376 e. The summed E-state index contributed by atoms with van der Waals surface area (Å²) in [5.41, 5.74) is -0.0828. The molecule has 0 unspecified atom stereocenters. The first kappa shape index (κ1) is 24.2. The van der Waals surface area contributed by atoms with Crippen LogP contribution in [0.4, 0.5) is 4.39 Å². The minimum atomic E-state index is -4.82. The zero-order chi connectivity index (χ0) is 22.4. The van der Waals surface area contributed by atoms with Crippen LogP contribution in [0, 0.1) is 10.1 Å². The number of Topliss-reactive ketones (excluding diaryl/α,β-unsaturated/α-hetero) is 1. The van der Waals surface area contributed by atoms with Crippen LogP contribution in [-0.2, 0) is 13.6 Å². The standard InChI is InChI=1S/C20H22ClFNO6P/c1-3-28-30(27,29-4-2)20(22,19(24)16-11-8-12-17(21)13-16)18(14-23(25)26)15-9-6-5-7-10-15/h5-13,18H,3-4,14H2,1-2H3/t18-,20-/m1/s1. The topological polar surface area (TPSA) is 95.7 Å². The summed E-state index contributed by atoms with van der Waals surface area (Å²) in [5.74, 6) is -2.99. The van der Waals surface area contributed by atoms with E-state index in [-0.39, 0.29) is 29.4 Å². The molecule has 0 heterocycles. The predicted octanol–water partition coefficient (Wildman–Crippen LogP) is 5.52. The molecule has 0 aliphatic rings. The molecule has 2 atom stereocenters. The molecule has 0 bridgehead atoms. The van der Waals surface area contributed by atoms with Crippen molar-refractivity contribution in [2.75, 3.05) is 19.8 Å². The Morgan fingerprint density at radius 2 is 1.77 bits per heavy atom. The molecule has 0 spiro atoms. The number of nitrogens with zero attached hydrogens (tertiary/aromatic N) is 1. The van der Waals surface area contributed by atoms with Gasteiger partial charge in [-0.15, -0.1) is 0 Å². The van der Waals surface area contributed by atoms with Crippen LogP contribution in [0.3, 0.4) is 0 Å². The molecule has 7 nitrogen and oxygen atoms in total. The number of carbonyl (C=O) groups excluding carboxylic acids is 1. The maximum atomic E-state index is 16.9. The quantitative estimate of drug-likeness (QED) is 0.191. The highest BCUT2D eigenvalue weighted by Crippen LogP contribution is 2.66. The van der Waals surface area contributed by atoms with Gasteiger partial charge in [-0.05, 0) is 31.5 Å². The average molecular weight is 458 g/mol. The molecule has 0 N–H and O–H groups in total. The minimum absolute atomic E-state index is 0.117. The van der Waals surface area contributed by atoms with Gasteiger partial charge in [-0.3, -0.25) is 19.5 Å². The Bertz CT molecular complexity index is 934. The van der Waals surface area contributed by atoms with Gasteiger partial charge in [-0.2, -0.15) is 0 Å². The van der Waals surface area contributed by atoms with E-state index in [9.17, 15) is 19.5 Å². The Kier molecular flexibility index (Phi) is 8.26. The zero-order valence-electron chi connectivity index (χ0n) is 16.5. The number of hydrogen-bond donors (Lipinski definition) is 0. The van der Waals surface area contributed by atoms with Crippen molar-refractivity contribution in [3.05, 3.63) is 80.9 Å². The highest BCUT2D eigenvalue weighted by atomic mass is 35.5. The van der Waals surface area contributed by atoms with Crippen LogP contribution in [0.5, 0.6) is 0 Å². The zero-order valence-corrected chi connectivity index (χ0v) is 18.1. The second-order valence-corrected chi connectivity index (χ2v) is 8.92. The predicted molar refractivity (Wildman–Crippen MR) is 112 cm³/mol. The summed E-state index contributed by atoms with van der Waals surface area (Å²) in [5, 5.41) is 8.21. The Morgan fingerprint density at radius 3 is 2.27 bits per heavy atom. The number of carbonyl (C=O) groups is 1. The Labute approximate surface area is 178 Å². The molecule has 0 saturated carbocycles. The second-order valence-electron chi connectivity index (χ2n) is 6.32. The molecule has 2 aromatic rings. The molecule has 162 valence electrons. The smallest absolute Gasteiger partial charge is 0.306 e. The van der Waals surface area contributed by atoms with Gasteiger partial charge in [0.05, 0.1) is 13.2 Å². The number of rotatable bonds is 11. The van der Waals surface area contributed by atoms with E-state index in [0.717, 1.165) is 0 Å². The fourth-order valence-electron chi connectivity index (χ4n) is 3.15. The molecular weight excluding hydrogens is 436 g/mol. The van der Waals surface area contributed by atoms with E-state index in [1.165, 1.54) is 50.2 Å². The monoisotopic (exact) mass is 457 g/mol. The molecule has 10 heteroatoms. The van der Waals surface area contributed by atoms with Crippen molar-refractivity contribution < 1.29 is 27.7 Å². The van der Waals surface area contributed by atoms with E-state index in [2.05, 4.69) is 0 Å². The molecule has 0 saturated heterocycles. The van der Waals surface area contributed by atoms with Crippen LogP contribution >= 0.6 is 19.2 Å². The summed E-state index contributed by atoms with van der Waals surface area (Å²) in [7, 11) is -4.82. The first-order valence-corrected chi connectivity index (χ1v) is 11.2. The maximum absolute atomic E-state index is 16.9. The number of ketones is 1. The lowest BCUT2D eigenvalue weighted by Gasteiger charge is -2.35. The molecule has 0 fully saturated rings. The van der Waals surface area contributed by atoms with Crippen molar-refractivity contribution >= 4 is 25.0 Å². The van der Waals surface area contributed by atoms with Gasteiger partial charge in [-0.25, -0.2) is 4.39 Å². The summed E-state index contributed by atoms with van der Waals surface area (Å²) in [4.78, 5) is 24.1. The summed E-state index contributed by atoms with van der Waals surface area (Å²) in [6, 6.07) is 13.0. The highest BCUT2D eigenvalue weighted by molar-refractivity contribution is 7.56. The van der Waals surface area contributed by atoms with Crippen LogP contribution in [0.15, 0.2) is 54.6 Å². The Hall–Kier alpha value is -2.12. The third-order valence-electron chi connectivity index (χ3n) is 4.40. The van der Waals surface area contributed by atoms with Gasteiger partial charge < -0.3 is 9.05 Å². The van der Waals surface area contributed by atoms with Crippen LogP contribution in [-0.4, -0.2) is 35.9 Å². The van der Waals surface area contributed by atoms with Crippen molar-refractivity contribution in [2.24, 2.45) is 0 Å². The molecule has 2 rings (SSSR count). The van der Waals surface area contributed by atoms with Crippen LogP contribution in [0.2, 0.25) is 5.02 Å². The van der Waals surface area contributed by atoms with E-state index in [4.69, 9.17) is 20.6 Å². The first-order valence-electron chi connectivity index (χ1n) is 9.24. The molecule has 0 aliphatic heterocycles. The summed E-state index contributed by atoms with van der Waals surface area (Å²) in [6.07, 6.45) is 0. The van der Waals surface area contributed by atoms with Crippen molar-refractivity contribution in [1.82, 2.24) is 0 Å². The van der Waals surface area contributed by atoms with E-state index in [0.29, 0.717) is 0 Å². The van der Waals surface area contributed by atoms with Gasteiger partial charge in [0.1, 0.15) is 5.92 Å². The Balaban J connectivity index is 2.80. The Morgan fingerprint density at radius 1 is 1.17 bits per heavy atom. The highest BCUT2D eigenvalue weighted by Gasteiger charge is 2.64. The summed E-state index contributed by atoms with van der Waals surface area (Å²) in [6.45, 7) is 1.45. The number of hydrogen-bond acceptors (Lipinski definition) is 6. The SMILES string of the molecule is CCOP(=O)(OCC)[C@@](F)(C(=O)c1cccc(Cl)c1)[C@H](C[N+](=O)[O-])c1ccccc1. The number of benzene rings is 2. The minimum Gasteiger partial charge on any atom is -0.306 e. The lowest BCUT2D eigenvalue weighted by atomic mass is 9.89. The maximum Gasteiger partial charge on any atom is 0.376 e. The van der Waals surface area contributed by atoms with E-state index >= 15 is 4.39 Å². The van der Waals surface area contributed by atoms with Crippen molar-refractivity contribution in [3.63, 3.8) is 0 Å². The van der Waals surface area contributed by atoms with Gasteiger partial charge in [0, 0.05) is 15.5 Å². The van der Waals surface area contributed by atoms with Gasteiger partial charge in [0.2, 0.25) is 12.3 Å².